The van der Waals surface area contributed by atoms with Crippen LogP contribution >= 0.6 is 0 Å². The summed E-state index contributed by atoms with van der Waals surface area (Å²) in [6.45, 7) is 1.48. The third-order valence-electron chi connectivity index (χ3n) is 4.00. The molecule has 0 spiro atoms. The Hall–Kier alpha value is -2.83. The average Bonchev–Trinajstić information content (AvgIpc) is 3.07. The Labute approximate surface area is 151 Å². The van der Waals surface area contributed by atoms with Crippen molar-refractivity contribution in [2.45, 2.75) is 12.8 Å². The van der Waals surface area contributed by atoms with Gasteiger partial charge in [0.05, 0.1) is 0 Å². The van der Waals surface area contributed by atoms with Crippen molar-refractivity contribution in [3.63, 3.8) is 0 Å². The number of rotatable bonds is 6. The maximum Gasteiger partial charge on any atom is 0.231 e. The summed E-state index contributed by atoms with van der Waals surface area (Å²) in [5, 5.41) is 6.35. The van der Waals surface area contributed by atoms with E-state index >= 15 is 0 Å². The smallest absolute Gasteiger partial charge is 0.231 e. The minimum Gasteiger partial charge on any atom is -0.454 e. The van der Waals surface area contributed by atoms with E-state index in [1.54, 1.807) is 7.05 Å². The summed E-state index contributed by atoms with van der Waals surface area (Å²) in [5.41, 5.74) is 1.73. The summed E-state index contributed by atoms with van der Waals surface area (Å²) < 4.78 is 37.0. The van der Waals surface area contributed by atoms with Crippen molar-refractivity contribution in [3.8, 4) is 11.5 Å². The molecule has 0 atom stereocenters. The van der Waals surface area contributed by atoms with Gasteiger partial charge in [0.25, 0.3) is 0 Å². The van der Waals surface area contributed by atoms with Crippen LogP contribution in [0.15, 0.2) is 41.4 Å². The van der Waals surface area contributed by atoms with E-state index in [1.807, 2.05) is 18.2 Å². The van der Waals surface area contributed by atoms with Gasteiger partial charge in [0.1, 0.15) is 11.6 Å². The zero-order valence-corrected chi connectivity index (χ0v) is 14.5. The second kappa shape index (κ2) is 8.51. The van der Waals surface area contributed by atoms with E-state index in [9.17, 15) is 8.78 Å². The van der Waals surface area contributed by atoms with E-state index in [-0.39, 0.29) is 6.79 Å². The van der Waals surface area contributed by atoms with E-state index in [4.69, 9.17) is 9.47 Å². The Balaban J connectivity index is 1.42. The molecule has 3 rings (SSSR count). The Bertz CT molecular complexity index is 776. The largest absolute Gasteiger partial charge is 0.454 e. The van der Waals surface area contributed by atoms with Gasteiger partial charge in [-0.15, -0.1) is 0 Å². The molecule has 0 aromatic heterocycles. The van der Waals surface area contributed by atoms with Crippen molar-refractivity contribution >= 4 is 5.96 Å². The standard InChI is InChI=1S/C19H21F2N3O2/c1-22-19(24-7-5-14-8-15(20)11-16(21)9-14)23-6-4-13-2-3-17-18(10-13)26-12-25-17/h2-3,8-11H,4-7,12H2,1H3,(H2,22,23,24). The number of nitrogens with zero attached hydrogens (tertiary/aromatic N) is 1. The first-order valence-corrected chi connectivity index (χ1v) is 8.42. The molecular formula is C19H21F2N3O2. The Morgan fingerprint density at radius 3 is 2.27 bits per heavy atom. The molecule has 26 heavy (non-hydrogen) atoms. The second-order valence-electron chi connectivity index (χ2n) is 5.89. The minimum absolute atomic E-state index is 0.267. The molecule has 0 aliphatic carbocycles. The average molecular weight is 361 g/mol. The molecule has 0 bridgehead atoms. The summed E-state index contributed by atoms with van der Waals surface area (Å²) in [7, 11) is 1.68. The SMILES string of the molecule is CN=C(NCCc1cc(F)cc(F)c1)NCCc1ccc2c(c1)OCO2. The van der Waals surface area contributed by atoms with Gasteiger partial charge in [-0.3, -0.25) is 4.99 Å². The molecule has 1 heterocycles. The van der Waals surface area contributed by atoms with Crippen LogP contribution in [0.5, 0.6) is 11.5 Å². The quantitative estimate of drug-likeness (QED) is 0.614. The minimum atomic E-state index is -0.564. The molecule has 2 aromatic rings. The lowest BCUT2D eigenvalue weighted by Gasteiger charge is -2.12. The highest BCUT2D eigenvalue weighted by molar-refractivity contribution is 5.79. The lowest BCUT2D eigenvalue weighted by Crippen LogP contribution is -2.39. The third-order valence-corrected chi connectivity index (χ3v) is 4.00. The first kappa shape index (κ1) is 18.0. The number of fused-ring (bicyclic) bond motifs is 1. The lowest BCUT2D eigenvalue weighted by atomic mass is 10.1. The molecule has 2 N–H and O–H groups in total. The molecule has 0 saturated heterocycles. The van der Waals surface area contributed by atoms with Gasteiger partial charge in [-0.1, -0.05) is 6.07 Å². The number of hydrogen-bond acceptors (Lipinski definition) is 3. The first-order valence-electron chi connectivity index (χ1n) is 8.42. The number of halogens is 2. The zero-order valence-electron chi connectivity index (χ0n) is 14.5. The van der Waals surface area contributed by atoms with Gasteiger partial charge in [-0.2, -0.15) is 0 Å². The predicted molar refractivity (Wildman–Crippen MR) is 95.7 cm³/mol. The lowest BCUT2D eigenvalue weighted by molar-refractivity contribution is 0.174. The van der Waals surface area contributed by atoms with Crippen LogP contribution in [0, 0.1) is 11.6 Å². The van der Waals surface area contributed by atoms with Gasteiger partial charge < -0.3 is 20.1 Å². The first-order chi connectivity index (χ1) is 12.6. The van der Waals surface area contributed by atoms with E-state index in [2.05, 4.69) is 15.6 Å². The van der Waals surface area contributed by atoms with Crippen LogP contribution in [0.1, 0.15) is 11.1 Å². The zero-order chi connectivity index (χ0) is 18.4. The van der Waals surface area contributed by atoms with Gasteiger partial charge in [0.15, 0.2) is 17.5 Å². The summed E-state index contributed by atoms with van der Waals surface area (Å²) in [6, 6.07) is 9.42. The highest BCUT2D eigenvalue weighted by atomic mass is 19.1. The van der Waals surface area contributed by atoms with Crippen LogP contribution < -0.4 is 20.1 Å². The van der Waals surface area contributed by atoms with Crippen LogP contribution in [-0.4, -0.2) is 32.9 Å². The molecular weight excluding hydrogens is 340 g/mol. The molecule has 0 amide bonds. The maximum absolute atomic E-state index is 13.2. The Morgan fingerprint density at radius 2 is 1.58 bits per heavy atom. The maximum atomic E-state index is 13.2. The third kappa shape index (κ3) is 4.84. The molecule has 1 aliphatic rings. The normalized spacial score (nSPS) is 13.0. The van der Waals surface area contributed by atoms with Crippen molar-refractivity contribution in [2.24, 2.45) is 4.99 Å². The fourth-order valence-electron chi connectivity index (χ4n) is 2.72. The van der Waals surface area contributed by atoms with E-state index in [1.165, 1.54) is 12.1 Å². The summed E-state index contributed by atoms with van der Waals surface area (Å²) in [4.78, 5) is 4.14. The highest BCUT2D eigenvalue weighted by Crippen LogP contribution is 2.32. The Kier molecular flexibility index (Phi) is 5.88. The molecule has 0 saturated carbocycles. The van der Waals surface area contributed by atoms with E-state index in [0.29, 0.717) is 31.0 Å². The highest BCUT2D eigenvalue weighted by Gasteiger charge is 2.12. The number of nitrogens with one attached hydrogen (secondary N) is 2. The van der Waals surface area contributed by atoms with Crippen molar-refractivity contribution in [2.75, 3.05) is 26.9 Å². The number of aliphatic imine (C=N–C) groups is 1. The number of guanidine groups is 1. The molecule has 0 fully saturated rings. The van der Waals surface area contributed by atoms with Crippen LogP contribution in [0.4, 0.5) is 8.78 Å². The second-order valence-corrected chi connectivity index (χ2v) is 5.89. The fraction of sp³-hybridized carbons (Fsp3) is 0.316. The van der Waals surface area contributed by atoms with Gasteiger partial charge >= 0.3 is 0 Å². The summed E-state index contributed by atoms with van der Waals surface area (Å²) in [6.07, 6.45) is 1.30. The van der Waals surface area contributed by atoms with Crippen molar-refractivity contribution < 1.29 is 18.3 Å². The van der Waals surface area contributed by atoms with Crippen molar-refractivity contribution in [1.29, 1.82) is 0 Å². The van der Waals surface area contributed by atoms with Crippen LogP contribution in [0.25, 0.3) is 0 Å². The number of benzene rings is 2. The monoisotopic (exact) mass is 361 g/mol. The van der Waals surface area contributed by atoms with Gasteiger partial charge in [-0.05, 0) is 48.2 Å². The summed E-state index contributed by atoms with van der Waals surface area (Å²) in [5.74, 6) is 1.06. The van der Waals surface area contributed by atoms with E-state index < -0.39 is 11.6 Å². The summed E-state index contributed by atoms with van der Waals surface area (Å²) >= 11 is 0. The molecule has 1 aliphatic heterocycles. The van der Waals surface area contributed by atoms with Gasteiger partial charge in [-0.25, -0.2) is 8.78 Å². The Morgan fingerprint density at radius 1 is 0.923 bits per heavy atom. The van der Waals surface area contributed by atoms with E-state index in [0.717, 1.165) is 29.5 Å². The van der Waals surface area contributed by atoms with Crippen molar-refractivity contribution in [1.82, 2.24) is 10.6 Å². The van der Waals surface area contributed by atoms with Crippen LogP contribution in [-0.2, 0) is 12.8 Å². The molecule has 7 heteroatoms. The molecule has 0 unspecified atom stereocenters. The molecule has 5 nitrogen and oxygen atoms in total. The number of hydrogen-bond donors (Lipinski definition) is 2. The van der Waals surface area contributed by atoms with Crippen molar-refractivity contribution in [3.05, 3.63) is 59.2 Å². The molecule has 138 valence electrons. The van der Waals surface area contributed by atoms with Gasteiger partial charge in [0, 0.05) is 26.2 Å². The van der Waals surface area contributed by atoms with Gasteiger partial charge in [0.2, 0.25) is 6.79 Å². The predicted octanol–water partition coefficient (Wildman–Crippen LogP) is 2.64. The molecule has 0 radical (unpaired) electrons. The molecule has 2 aromatic carbocycles. The van der Waals surface area contributed by atoms with Crippen LogP contribution in [0.3, 0.4) is 0 Å². The fourth-order valence-corrected chi connectivity index (χ4v) is 2.72. The topological polar surface area (TPSA) is 54.9 Å². The van der Waals surface area contributed by atoms with Crippen LogP contribution in [0.2, 0.25) is 0 Å². The number of ether oxygens (including phenoxy) is 2.